The highest BCUT2D eigenvalue weighted by molar-refractivity contribution is 7.80. The summed E-state index contributed by atoms with van der Waals surface area (Å²) >= 11 is 5.04. The molecule has 2 unspecified atom stereocenters. The highest BCUT2D eigenvalue weighted by atomic mass is 32.1. The van der Waals surface area contributed by atoms with Crippen molar-refractivity contribution >= 4 is 23.1 Å². The molecule has 1 aliphatic heterocycles. The summed E-state index contributed by atoms with van der Waals surface area (Å²) < 4.78 is 0. The third-order valence-corrected chi connectivity index (χ3v) is 3.83. The van der Waals surface area contributed by atoms with Crippen molar-refractivity contribution in [1.82, 2.24) is 4.90 Å². The van der Waals surface area contributed by atoms with Crippen LogP contribution < -0.4 is 5.73 Å². The molecule has 0 saturated carbocycles. The zero-order valence-electron chi connectivity index (χ0n) is 11.1. The number of likely N-dealkylation sites (tertiary alicyclic amines) is 1. The first-order valence-corrected chi connectivity index (χ1v) is 6.95. The molecule has 0 bridgehead atoms. The van der Waals surface area contributed by atoms with Gasteiger partial charge in [0, 0.05) is 12.6 Å². The van der Waals surface area contributed by atoms with Crippen LogP contribution >= 0.6 is 12.2 Å². The van der Waals surface area contributed by atoms with E-state index in [1.807, 2.05) is 18.7 Å². The fourth-order valence-electron chi connectivity index (χ4n) is 2.52. The van der Waals surface area contributed by atoms with Crippen LogP contribution in [0.4, 0.5) is 0 Å². The Labute approximate surface area is 110 Å². The molecular weight excluding hydrogens is 232 g/mol. The molecule has 0 aromatic carbocycles. The van der Waals surface area contributed by atoms with Gasteiger partial charge in [-0.3, -0.25) is 4.79 Å². The minimum absolute atomic E-state index is 0.127. The third-order valence-electron chi connectivity index (χ3n) is 3.58. The number of carbonyl (C=O) groups excluding carboxylic acids is 1. The highest BCUT2D eigenvalue weighted by Crippen LogP contribution is 2.22. The van der Waals surface area contributed by atoms with Crippen LogP contribution in [0.2, 0.25) is 0 Å². The van der Waals surface area contributed by atoms with E-state index in [0.717, 1.165) is 19.4 Å². The van der Waals surface area contributed by atoms with E-state index in [1.54, 1.807) is 0 Å². The predicted octanol–water partition coefficient (Wildman–Crippen LogP) is 2.34. The van der Waals surface area contributed by atoms with Crippen molar-refractivity contribution in [3.05, 3.63) is 0 Å². The maximum Gasteiger partial charge on any atom is 0.233 e. The second-order valence-electron chi connectivity index (χ2n) is 5.35. The van der Waals surface area contributed by atoms with Crippen molar-refractivity contribution in [3.63, 3.8) is 0 Å². The largest absolute Gasteiger partial charge is 0.393 e. The summed E-state index contributed by atoms with van der Waals surface area (Å²) in [5, 5.41) is 0. The zero-order valence-corrected chi connectivity index (χ0v) is 11.9. The Morgan fingerprint density at radius 3 is 2.53 bits per heavy atom. The summed E-state index contributed by atoms with van der Waals surface area (Å²) in [6.07, 6.45) is 4.62. The SMILES string of the molecule is CC(C)C(C(=O)N1CCCCCC1C)C(N)=S. The smallest absolute Gasteiger partial charge is 0.233 e. The maximum atomic E-state index is 12.5. The van der Waals surface area contributed by atoms with E-state index in [-0.39, 0.29) is 17.7 Å². The molecule has 0 radical (unpaired) electrons. The molecule has 1 saturated heterocycles. The van der Waals surface area contributed by atoms with E-state index in [0.29, 0.717) is 11.0 Å². The Hall–Kier alpha value is -0.640. The molecule has 0 aromatic rings. The monoisotopic (exact) mass is 256 g/mol. The summed E-state index contributed by atoms with van der Waals surface area (Å²) in [6.45, 7) is 6.99. The minimum Gasteiger partial charge on any atom is -0.393 e. The van der Waals surface area contributed by atoms with Crippen molar-refractivity contribution in [2.45, 2.75) is 52.5 Å². The molecule has 0 aromatic heterocycles. The Kier molecular flexibility index (Phi) is 5.37. The van der Waals surface area contributed by atoms with Crippen LogP contribution in [0.3, 0.4) is 0 Å². The summed E-state index contributed by atoms with van der Waals surface area (Å²) in [5.74, 6) is 0.00269. The lowest BCUT2D eigenvalue weighted by atomic mass is 9.93. The van der Waals surface area contributed by atoms with Crippen LogP contribution in [0.5, 0.6) is 0 Å². The molecule has 0 aliphatic carbocycles. The van der Waals surface area contributed by atoms with Crippen molar-refractivity contribution < 1.29 is 4.79 Å². The molecule has 2 N–H and O–H groups in total. The molecule has 3 nitrogen and oxygen atoms in total. The van der Waals surface area contributed by atoms with E-state index in [9.17, 15) is 4.79 Å². The van der Waals surface area contributed by atoms with E-state index in [4.69, 9.17) is 18.0 Å². The van der Waals surface area contributed by atoms with E-state index in [1.165, 1.54) is 12.8 Å². The molecule has 0 spiro atoms. The molecule has 1 fully saturated rings. The number of amides is 1. The van der Waals surface area contributed by atoms with Crippen molar-refractivity contribution in [2.75, 3.05) is 6.54 Å². The second kappa shape index (κ2) is 6.34. The quantitative estimate of drug-likeness (QED) is 0.788. The van der Waals surface area contributed by atoms with Gasteiger partial charge in [0.1, 0.15) is 0 Å². The number of thiocarbonyl (C=S) groups is 1. The molecule has 4 heteroatoms. The van der Waals surface area contributed by atoms with Crippen LogP contribution in [-0.2, 0) is 4.79 Å². The Balaban J connectivity index is 2.81. The lowest BCUT2D eigenvalue weighted by Crippen LogP contribution is -2.47. The molecule has 1 rings (SSSR count). The third kappa shape index (κ3) is 3.66. The van der Waals surface area contributed by atoms with Crippen molar-refractivity contribution in [3.8, 4) is 0 Å². The average Bonchev–Trinajstić information content (AvgIpc) is 2.41. The Morgan fingerprint density at radius 1 is 1.35 bits per heavy atom. The van der Waals surface area contributed by atoms with Gasteiger partial charge in [0.15, 0.2) is 0 Å². The fourth-order valence-corrected chi connectivity index (χ4v) is 2.89. The first-order valence-electron chi connectivity index (χ1n) is 6.55. The summed E-state index contributed by atoms with van der Waals surface area (Å²) in [4.78, 5) is 14.8. The number of hydrogen-bond donors (Lipinski definition) is 1. The standard InChI is InChI=1S/C13H24N2OS/c1-9(2)11(12(14)17)13(16)15-8-6-4-5-7-10(15)3/h9-11H,4-8H2,1-3H3,(H2,14,17). The van der Waals surface area contributed by atoms with Gasteiger partial charge < -0.3 is 10.6 Å². The van der Waals surface area contributed by atoms with Gasteiger partial charge in [-0.25, -0.2) is 0 Å². The molecule has 1 amide bonds. The van der Waals surface area contributed by atoms with E-state index in [2.05, 4.69) is 6.92 Å². The second-order valence-corrected chi connectivity index (χ2v) is 5.83. The maximum absolute atomic E-state index is 12.5. The number of nitrogens with two attached hydrogens (primary N) is 1. The van der Waals surface area contributed by atoms with Crippen LogP contribution in [0.15, 0.2) is 0 Å². The normalized spacial score (nSPS) is 23.3. The molecule has 1 heterocycles. The predicted molar refractivity (Wildman–Crippen MR) is 74.8 cm³/mol. The van der Waals surface area contributed by atoms with Crippen molar-refractivity contribution in [1.29, 1.82) is 0 Å². The summed E-state index contributed by atoms with van der Waals surface area (Å²) in [5.41, 5.74) is 5.71. The zero-order chi connectivity index (χ0) is 13.0. The summed E-state index contributed by atoms with van der Waals surface area (Å²) in [6, 6.07) is 0.320. The first-order chi connectivity index (χ1) is 7.95. The van der Waals surface area contributed by atoms with Gasteiger partial charge in [-0.15, -0.1) is 0 Å². The average molecular weight is 256 g/mol. The van der Waals surface area contributed by atoms with Gasteiger partial charge >= 0.3 is 0 Å². The first kappa shape index (κ1) is 14.4. The van der Waals surface area contributed by atoms with Gasteiger partial charge in [0.25, 0.3) is 0 Å². The lowest BCUT2D eigenvalue weighted by molar-refractivity contribution is -0.136. The molecule has 98 valence electrons. The fraction of sp³-hybridized carbons (Fsp3) is 0.846. The number of hydrogen-bond acceptors (Lipinski definition) is 2. The number of carbonyl (C=O) groups is 1. The lowest BCUT2D eigenvalue weighted by Gasteiger charge is -2.32. The minimum atomic E-state index is -0.300. The van der Waals surface area contributed by atoms with E-state index < -0.39 is 0 Å². The van der Waals surface area contributed by atoms with Crippen LogP contribution in [0, 0.1) is 11.8 Å². The van der Waals surface area contributed by atoms with Gasteiger partial charge in [0.2, 0.25) is 5.91 Å². The topological polar surface area (TPSA) is 46.3 Å². The van der Waals surface area contributed by atoms with E-state index >= 15 is 0 Å². The summed E-state index contributed by atoms with van der Waals surface area (Å²) in [7, 11) is 0. The Bertz CT molecular complexity index is 291. The van der Waals surface area contributed by atoms with Gasteiger partial charge in [-0.1, -0.05) is 38.9 Å². The Morgan fingerprint density at radius 2 is 2.00 bits per heavy atom. The molecule has 1 aliphatic rings. The van der Waals surface area contributed by atoms with Crippen LogP contribution in [0.1, 0.15) is 46.5 Å². The molecule has 17 heavy (non-hydrogen) atoms. The number of nitrogens with zero attached hydrogens (tertiary/aromatic N) is 1. The van der Waals surface area contributed by atoms with Gasteiger partial charge in [-0.05, 0) is 25.7 Å². The highest BCUT2D eigenvalue weighted by Gasteiger charge is 2.32. The van der Waals surface area contributed by atoms with Crippen LogP contribution in [0.25, 0.3) is 0 Å². The molecule has 2 atom stereocenters. The number of rotatable bonds is 3. The van der Waals surface area contributed by atoms with Crippen molar-refractivity contribution in [2.24, 2.45) is 17.6 Å². The van der Waals surface area contributed by atoms with Gasteiger partial charge in [-0.2, -0.15) is 0 Å². The molecular formula is C13H24N2OS. The van der Waals surface area contributed by atoms with Gasteiger partial charge in [0.05, 0.1) is 10.9 Å². The van der Waals surface area contributed by atoms with Crippen LogP contribution in [-0.4, -0.2) is 28.4 Å².